The van der Waals surface area contributed by atoms with Crippen molar-refractivity contribution >= 4 is 0 Å². The van der Waals surface area contributed by atoms with Gasteiger partial charge in [-0.05, 0) is 6.92 Å². The van der Waals surface area contributed by atoms with Gasteiger partial charge < -0.3 is 5.32 Å². The lowest BCUT2D eigenvalue weighted by Crippen LogP contribution is -2.52. The zero-order valence-electron chi connectivity index (χ0n) is 10.00. The van der Waals surface area contributed by atoms with Crippen molar-refractivity contribution in [3.63, 3.8) is 0 Å². The molecule has 1 N–H and O–H groups in total. The van der Waals surface area contributed by atoms with Crippen molar-refractivity contribution < 1.29 is 8.78 Å². The smallest absolute Gasteiger partial charge is 0.285 e. The number of nitrogens with zero attached hydrogens (tertiary/aromatic N) is 1. The zero-order chi connectivity index (χ0) is 12.3. The SMILES string of the molecule is C[C@H]1CNCCN1CC(F)(F)c1ccccc1. The van der Waals surface area contributed by atoms with Crippen molar-refractivity contribution in [2.24, 2.45) is 0 Å². The zero-order valence-corrected chi connectivity index (χ0v) is 10.00. The molecule has 1 heterocycles. The minimum Gasteiger partial charge on any atom is -0.314 e. The number of halogens is 2. The van der Waals surface area contributed by atoms with E-state index < -0.39 is 5.92 Å². The second-order valence-corrected chi connectivity index (χ2v) is 4.59. The van der Waals surface area contributed by atoms with Gasteiger partial charge in [0.2, 0.25) is 0 Å². The maximum absolute atomic E-state index is 14.1. The summed E-state index contributed by atoms with van der Waals surface area (Å²) >= 11 is 0. The molecule has 0 radical (unpaired) electrons. The van der Waals surface area contributed by atoms with Crippen LogP contribution in [-0.4, -0.2) is 37.1 Å². The third kappa shape index (κ3) is 3.01. The maximum Gasteiger partial charge on any atom is 0.285 e. The summed E-state index contributed by atoms with van der Waals surface area (Å²) in [5.74, 6) is -2.77. The van der Waals surface area contributed by atoms with Gasteiger partial charge in [-0.3, -0.25) is 4.90 Å². The second kappa shape index (κ2) is 5.10. The number of alkyl halides is 2. The number of hydrogen-bond donors (Lipinski definition) is 1. The van der Waals surface area contributed by atoms with Gasteiger partial charge in [0.25, 0.3) is 5.92 Å². The largest absolute Gasteiger partial charge is 0.314 e. The summed E-state index contributed by atoms with van der Waals surface area (Å²) < 4.78 is 28.1. The Morgan fingerprint density at radius 2 is 2.06 bits per heavy atom. The van der Waals surface area contributed by atoms with E-state index in [4.69, 9.17) is 0 Å². The highest BCUT2D eigenvalue weighted by Gasteiger charge is 2.35. The molecule has 1 aliphatic heterocycles. The molecule has 1 aromatic carbocycles. The molecule has 1 saturated heterocycles. The van der Waals surface area contributed by atoms with E-state index >= 15 is 0 Å². The molecule has 2 rings (SSSR count). The van der Waals surface area contributed by atoms with E-state index in [0.29, 0.717) is 6.54 Å². The Labute approximate surface area is 101 Å². The van der Waals surface area contributed by atoms with Crippen LogP contribution < -0.4 is 5.32 Å². The molecule has 0 amide bonds. The van der Waals surface area contributed by atoms with E-state index in [1.165, 1.54) is 12.1 Å². The molecule has 0 bridgehead atoms. The standard InChI is InChI=1S/C13H18F2N2/c1-11-9-16-7-8-17(11)10-13(14,15)12-5-3-2-4-6-12/h2-6,11,16H,7-10H2,1H3/t11-/m0/s1. The molecular weight excluding hydrogens is 222 g/mol. The molecule has 0 saturated carbocycles. The highest BCUT2D eigenvalue weighted by Crippen LogP contribution is 2.29. The minimum absolute atomic E-state index is 0.103. The first-order chi connectivity index (χ1) is 8.09. The van der Waals surface area contributed by atoms with Crippen LogP contribution in [0.15, 0.2) is 30.3 Å². The summed E-state index contributed by atoms with van der Waals surface area (Å²) in [6, 6.07) is 8.22. The molecule has 94 valence electrons. The van der Waals surface area contributed by atoms with Crippen molar-refractivity contribution in [1.29, 1.82) is 0 Å². The molecule has 0 unspecified atom stereocenters. The molecule has 0 aliphatic carbocycles. The summed E-state index contributed by atoms with van der Waals surface area (Å²) in [6.07, 6.45) is 0. The summed E-state index contributed by atoms with van der Waals surface area (Å²) in [7, 11) is 0. The number of rotatable bonds is 3. The number of nitrogens with one attached hydrogen (secondary N) is 1. The third-order valence-corrected chi connectivity index (χ3v) is 3.24. The Hall–Kier alpha value is -1.00. The van der Waals surface area contributed by atoms with Crippen molar-refractivity contribution in [2.45, 2.75) is 18.9 Å². The first-order valence-corrected chi connectivity index (χ1v) is 5.98. The maximum atomic E-state index is 14.1. The highest BCUT2D eigenvalue weighted by atomic mass is 19.3. The van der Waals surface area contributed by atoms with E-state index in [9.17, 15) is 8.78 Å². The van der Waals surface area contributed by atoms with Crippen LogP contribution in [0.1, 0.15) is 12.5 Å². The predicted molar refractivity (Wildman–Crippen MR) is 64.2 cm³/mol. The first-order valence-electron chi connectivity index (χ1n) is 5.98. The van der Waals surface area contributed by atoms with Crippen molar-refractivity contribution in [3.05, 3.63) is 35.9 Å². The topological polar surface area (TPSA) is 15.3 Å². The lowest BCUT2D eigenvalue weighted by atomic mass is 10.1. The Morgan fingerprint density at radius 3 is 2.71 bits per heavy atom. The van der Waals surface area contributed by atoms with Crippen LogP contribution in [0.25, 0.3) is 0 Å². The van der Waals surface area contributed by atoms with Crippen molar-refractivity contribution in [1.82, 2.24) is 10.2 Å². The molecule has 1 fully saturated rings. The average molecular weight is 240 g/mol. The van der Waals surface area contributed by atoms with Crippen molar-refractivity contribution in [3.8, 4) is 0 Å². The van der Waals surface area contributed by atoms with E-state index in [1.807, 2.05) is 11.8 Å². The Bertz CT molecular complexity index is 354. The molecule has 1 aromatic rings. The molecule has 0 spiro atoms. The van der Waals surface area contributed by atoms with Gasteiger partial charge in [0.1, 0.15) is 0 Å². The van der Waals surface area contributed by atoms with Crippen LogP contribution in [0.4, 0.5) is 8.78 Å². The van der Waals surface area contributed by atoms with Gasteiger partial charge in [0, 0.05) is 31.2 Å². The lowest BCUT2D eigenvalue weighted by Gasteiger charge is -2.36. The summed E-state index contributed by atoms with van der Waals surface area (Å²) in [4.78, 5) is 1.85. The van der Waals surface area contributed by atoms with Gasteiger partial charge in [0.05, 0.1) is 6.54 Å². The number of benzene rings is 1. The average Bonchev–Trinajstić information content (AvgIpc) is 2.33. The van der Waals surface area contributed by atoms with Crippen LogP contribution in [0.3, 0.4) is 0 Å². The van der Waals surface area contributed by atoms with Crippen LogP contribution in [0.5, 0.6) is 0 Å². The molecule has 1 atom stereocenters. The highest BCUT2D eigenvalue weighted by molar-refractivity contribution is 5.20. The predicted octanol–water partition coefficient (Wildman–Crippen LogP) is 2.07. The summed E-state index contributed by atoms with van der Waals surface area (Å²) in [6.45, 7) is 4.04. The van der Waals surface area contributed by atoms with E-state index in [1.54, 1.807) is 18.2 Å². The van der Waals surface area contributed by atoms with Crippen molar-refractivity contribution in [2.75, 3.05) is 26.2 Å². The van der Waals surface area contributed by atoms with E-state index in [-0.39, 0.29) is 18.2 Å². The monoisotopic (exact) mass is 240 g/mol. The third-order valence-electron chi connectivity index (χ3n) is 3.24. The quantitative estimate of drug-likeness (QED) is 0.870. The molecule has 0 aromatic heterocycles. The van der Waals surface area contributed by atoms with Gasteiger partial charge in [-0.25, -0.2) is 0 Å². The van der Waals surface area contributed by atoms with Crippen LogP contribution >= 0.6 is 0 Å². The Kier molecular flexibility index (Phi) is 3.74. The summed E-state index contributed by atoms with van der Waals surface area (Å²) in [5.41, 5.74) is 0.103. The molecule has 4 heteroatoms. The Balaban J connectivity index is 2.06. The normalized spacial score (nSPS) is 22.6. The van der Waals surface area contributed by atoms with E-state index in [2.05, 4.69) is 5.32 Å². The minimum atomic E-state index is -2.77. The van der Waals surface area contributed by atoms with Crippen LogP contribution in [-0.2, 0) is 5.92 Å². The molecule has 17 heavy (non-hydrogen) atoms. The van der Waals surface area contributed by atoms with Crippen LogP contribution in [0, 0.1) is 0 Å². The molecule has 1 aliphatic rings. The fraction of sp³-hybridized carbons (Fsp3) is 0.538. The number of piperazine rings is 1. The fourth-order valence-corrected chi connectivity index (χ4v) is 2.15. The molecule has 2 nitrogen and oxygen atoms in total. The molecular formula is C13H18F2N2. The van der Waals surface area contributed by atoms with E-state index in [0.717, 1.165) is 13.1 Å². The first kappa shape index (κ1) is 12.5. The van der Waals surface area contributed by atoms with Gasteiger partial charge in [-0.15, -0.1) is 0 Å². The van der Waals surface area contributed by atoms with Gasteiger partial charge in [-0.1, -0.05) is 30.3 Å². The lowest BCUT2D eigenvalue weighted by molar-refractivity contribution is -0.0499. The van der Waals surface area contributed by atoms with Gasteiger partial charge in [0.15, 0.2) is 0 Å². The Morgan fingerprint density at radius 1 is 1.35 bits per heavy atom. The van der Waals surface area contributed by atoms with Gasteiger partial charge >= 0.3 is 0 Å². The summed E-state index contributed by atoms with van der Waals surface area (Å²) in [5, 5.41) is 3.20. The van der Waals surface area contributed by atoms with Crippen LogP contribution in [0.2, 0.25) is 0 Å². The number of hydrogen-bond acceptors (Lipinski definition) is 2. The fourth-order valence-electron chi connectivity index (χ4n) is 2.15. The second-order valence-electron chi connectivity index (χ2n) is 4.59. The van der Waals surface area contributed by atoms with Gasteiger partial charge in [-0.2, -0.15) is 8.78 Å².